The second-order valence-corrected chi connectivity index (χ2v) is 3.95. The average molecular weight is 269 g/mol. The molecule has 0 aliphatic carbocycles. The lowest BCUT2D eigenvalue weighted by Crippen LogP contribution is -2.10. The van der Waals surface area contributed by atoms with Gasteiger partial charge in [-0.25, -0.2) is 0 Å². The Morgan fingerprint density at radius 1 is 1.67 bits per heavy atom. The first kappa shape index (κ1) is 10.1. The third-order valence-electron chi connectivity index (χ3n) is 1.95. The van der Waals surface area contributed by atoms with Gasteiger partial charge in [0.05, 0.1) is 5.69 Å². The monoisotopic (exact) mass is 268 g/mol. The SMILES string of the molecule is CCC(=O)Nc1cc(Br)cn2cnnc12. The molecule has 0 saturated carbocycles. The number of rotatable bonds is 2. The molecule has 1 N–H and O–H groups in total. The first-order valence-electron chi connectivity index (χ1n) is 4.49. The van der Waals surface area contributed by atoms with Crippen molar-refractivity contribution in [1.29, 1.82) is 0 Å². The van der Waals surface area contributed by atoms with Crippen LogP contribution >= 0.6 is 15.9 Å². The molecule has 0 aromatic carbocycles. The van der Waals surface area contributed by atoms with Crippen LogP contribution in [-0.4, -0.2) is 20.5 Å². The van der Waals surface area contributed by atoms with E-state index in [1.54, 1.807) is 23.7 Å². The Labute approximate surface area is 94.6 Å². The van der Waals surface area contributed by atoms with Crippen molar-refractivity contribution in [3.8, 4) is 0 Å². The summed E-state index contributed by atoms with van der Waals surface area (Å²) in [4.78, 5) is 11.3. The number of nitrogens with one attached hydrogen (secondary N) is 1. The minimum Gasteiger partial charge on any atom is -0.323 e. The summed E-state index contributed by atoms with van der Waals surface area (Å²) in [5, 5.41) is 10.5. The van der Waals surface area contributed by atoms with Gasteiger partial charge in [-0.3, -0.25) is 9.20 Å². The topological polar surface area (TPSA) is 59.3 Å². The number of anilines is 1. The molecule has 6 heteroatoms. The van der Waals surface area contributed by atoms with Gasteiger partial charge in [-0.05, 0) is 22.0 Å². The molecule has 0 fully saturated rings. The number of hydrogen-bond acceptors (Lipinski definition) is 3. The quantitative estimate of drug-likeness (QED) is 0.904. The lowest BCUT2D eigenvalue weighted by atomic mass is 10.3. The molecule has 0 radical (unpaired) electrons. The minimum absolute atomic E-state index is 0.0435. The number of amides is 1. The van der Waals surface area contributed by atoms with Gasteiger partial charge in [-0.15, -0.1) is 10.2 Å². The van der Waals surface area contributed by atoms with Crippen LogP contribution in [0.1, 0.15) is 13.3 Å². The van der Waals surface area contributed by atoms with E-state index in [-0.39, 0.29) is 5.91 Å². The van der Waals surface area contributed by atoms with Crippen LogP contribution in [-0.2, 0) is 4.79 Å². The summed E-state index contributed by atoms with van der Waals surface area (Å²) in [6, 6.07) is 1.80. The number of carbonyl (C=O) groups excluding carboxylic acids is 1. The number of nitrogens with zero attached hydrogens (tertiary/aromatic N) is 3. The van der Waals surface area contributed by atoms with Crippen molar-refractivity contribution in [3.05, 3.63) is 23.1 Å². The Bertz CT molecular complexity index is 508. The first-order chi connectivity index (χ1) is 7.20. The smallest absolute Gasteiger partial charge is 0.224 e. The van der Waals surface area contributed by atoms with E-state index in [1.165, 1.54) is 0 Å². The highest BCUT2D eigenvalue weighted by molar-refractivity contribution is 9.10. The first-order valence-corrected chi connectivity index (χ1v) is 5.28. The van der Waals surface area contributed by atoms with Crippen molar-refractivity contribution < 1.29 is 4.79 Å². The summed E-state index contributed by atoms with van der Waals surface area (Å²) in [5.41, 5.74) is 1.30. The molecule has 15 heavy (non-hydrogen) atoms. The van der Waals surface area contributed by atoms with E-state index in [1.807, 2.05) is 6.20 Å². The van der Waals surface area contributed by atoms with Crippen LogP contribution in [0.2, 0.25) is 0 Å². The zero-order valence-electron chi connectivity index (χ0n) is 8.07. The van der Waals surface area contributed by atoms with E-state index in [9.17, 15) is 4.79 Å². The van der Waals surface area contributed by atoms with E-state index >= 15 is 0 Å². The second-order valence-electron chi connectivity index (χ2n) is 3.04. The fraction of sp³-hybridized carbons (Fsp3) is 0.222. The molecule has 0 aliphatic rings. The number of fused-ring (bicyclic) bond motifs is 1. The Balaban J connectivity index is 2.48. The number of carbonyl (C=O) groups is 1. The molecule has 0 bridgehead atoms. The van der Waals surface area contributed by atoms with Gasteiger partial charge in [0, 0.05) is 17.1 Å². The molecule has 0 spiro atoms. The lowest BCUT2D eigenvalue weighted by molar-refractivity contribution is -0.115. The summed E-state index contributed by atoms with van der Waals surface area (Å²) in [6.45, 7) is 1.80. The van der Waals surface area contributed by atoms with E-state index in [0.717, 1.165) is 4.47 Å². The van der Waals surface area contributed by atoms with E-state index < -0.39 is 0 Å². The van der Waals surface area contributed by atoms with Crippen LogP contribution < -0.4 is 5.32 Å². The Morgan fingerprint density at radius 3 is 3.20 bits per heavy atom. The second kappa shape index (κ2) is 3.98. The van der Waals surface area contributed by atoms with Gasteiger partial charge in [0.15, 0.2) is 5.65 Å². The molecule has 5 nitrogen and oxygen atoms in total. The van der Waals surface area contributed by atoms with Gasteiger partial charge in [0.25, 0.3) is 0 Å². The van der Waals surface area contributed by atoms with Gasteiger partial charge < -0.3 is 5.32 Å². The molecule has 0 aliphatic heterocycles. The summed E-state index contributed by atoms with van der Waals surface area (Å²) in [7, 11) is 0. The predicted octanol–water partition coefficient (Wildman–Crippen LogP) is 1.84. The fourth-order valence-electron chi connectivity index (χ4n) is 1.23. The summed E-state index contributed by atoms with van der Waals surface area (Å²) in [6.07, 6.45) is 3.85. The maximum Gasteiger partial charge on any atom is 0.224 e. The summed E-state index contributed by atoms with van der Waals surface area (Å²) < 4.78 is 2.61. The fourth-order valence-corrected chi connectivity index (χ4v) is 1.68. The third-order valence-corrected chi connectivity index (χ3v) is 2.39. The number of halogens is 1. The number of aromatic nitrogens is 3. The zero-order valence-corrected chi connectivity index (χ0v) is 9.65. The lowest BCUT2D eigenvalue weighted by Gasteiger charge is -2.05. The van der Waals surface area contributed by atoms with Crippen molar-refractivity contribution in [2.24, 2.45) is 0 Å². The van der Waals surface area contributed by atoms with Crippen LogP contribution in [0.25, 0.3) is 5.65 Å². The van der Waals surface area contributed by atoms with Gasteiger partial charge in [0.2, 0.25) is 5.91 Å². The largest absolute Gasteiger partial charge is 0.323 e. The molecule has 0 saturated heterocycles. The van der Waals surface area contributed by atoms with E-state index in [4.69, 9.17) is 0 Å². The van der Waals surface area contributed by atoms with Crippen molar-refractivity contribution >= 4 is 33.2 Å². The summed E-state index contributed by atoms with van der Waals surface area (Å²) >= 11 is 3.35. The van der Waals surface area contributed by atoms with Gasteiger partial charge in [-0.2, -0.15) is 0 Å². The highest BCUT2D eigenvalue weighted by atomic mass is 79.9. The van der Waals surface area contributed by atoms with E-state index in [0.29, 0.717) is 17.8 Å². The molecule has 0 unspecified atom stereocenters. The highest BCUT2D eigenvalue weighted by Gasteiger charge is 2.07. The number of hydrogen-bond donors (Lipinski definition) is 1. The minimum atomic E-state index is -0.0435. The average Bonchev–Trinajstić information content (AvgIpc) is 2.65. The van der Waals surface area contributed by atoms with Crippen LogP contribution in [0.3, 0.4) is 0 Å². The predicted molar refractivity (Wildman–Crippen MR) is 59.6 cm³/mol. The van der Waals surface area contributed by atoms with Gasteiger partial charge >= 0.3 is 0 Å². The van der Waals surface area contributed by atoms with Crippen LogP contribution in [0.5, 0.6) is 0 Å². The van der Waals surface area contributed by atoms with Gasteiger partial charge in [-0.1, -0.05) is 6.92 Å². The standard InChI is InChI=1S/C9H9BrN4O/c1-2-8(15)12-7-3-6(10)4-14-5-11-13-9(7)14/h3-5H,2H2,1H3,(H,12,15). The molecule has 2 aromatic rings. The van der Waals surface area contributed by atoms with Crippen molar-refractivity contribution in [1.82, 2.24) is 14.6 Å². The molecular weight excluding hydrogens is 260 g/mol. The Kier molecular flexibility index (Phi) is 2.68. The molecule has 2 heterocycles. The molecular formula is C9H9BrN4O. The molecule has 1 amide bonds. The Hall–Kier alpha value is -1.43. The molecule has 0 atom stereocenters. The van der Waals surface area contributed by atoms with Gasteiger partial charge in [0.1, 0.15) is 6.33 Å². The van der Waals surface area contributed by atoms with E-state index in [2.05, 4.69) is 31.4 Å². The van der Waals surface area contributed by atoms with Crippen molar-refractivity contribution in [2.45, 2.75) is 13.3 Å². The number of pyridine rings is 1. The Morgan fingerprint density at radius 2 is 2.47 bits per heavy atom. The zero-order chi connectivity index (χ0) is 10.8. The van der Waals surface area contributed by atoms with Crippen molar-refractivity contribution in [3.63, 3.8) is 0 Å². The van der Waals surface area contributed by atoms with Crippen LogP contribution in [0.15, 0.2) is 23.1 Å². The highest BCUT2D eigenvalue weighted by Crippen LogP contribution is 2.20. The molecule has 2 rings (SSSR count). The summed E-state index contributed by atoms with van der Waals surface area (Å²) in [5.74, 6) is -0.0435. The maximum absolute atomic E-state index is 11.3. The maximum atomic E-state index is 11.3. The normalized spacial score (nSPS) is 10.5. The van der Waals surface area contributed by atoms with Crippen molar-refractivity contribution in [2.75, 3.05) is 5.32 Å². The third kappa shape index (κ3) is 1.99. The van der Waals surface area contributed by atoms with Crippen LogP contribution in [0.4, 0.5) is 5.69 Å². The molecule has 2 aromatic heterocycles. The molecule has 78 valence electrons. The van der Waals surface area contributed by atoms with Crippen LogP contribution in [0, 0.1) is 0 Å².